The number of thiophene rings is 1. The van der Waals surface area contributed by atoms with Gasteiger partial charge in [-0.25, -0.2) is 0 Å². The maximum Gasteiger partial charge on any atom is 0.176 e. The van der Waals surface area contributed by atoms with Crippen molar-refractivity contribution in [3.8, 4) is 0 Å². The van der Waals surface area contributed by atoms with Crippen LogP contribution < -0.4 is 5.73 Å². The zero-order chi connectivity index (χ0) is 7.56. The van der Waals surface area contributed by atoms with E-state index in [-0.39, 0.29) is 5.78 Å². The second-order valence-corrected chi connectivity index (χ2v) is 3.26. The van der Waals surface area contributed by atoms with Gasteiger partial charge in [-0.15, -0.1) is 11.3 Å². The highest BCUT2D eigenvalue weighted by Crippen LogP contribution is 2.19. The lowest BCUT2D eigenvalue weighted by molar-refractivity contribution is 0.102. The highest BCUT2D eigenvalue weighted by atomic mass is 79.9. The van der Waals surface area contributed by atoms with E-state index >= 15 is 0 Å². The lowest BCUT2D eigenvalue weighted by Gasteiger charge is -1.91. The van der Waals surface area contributed by atoms with E-state index in [1.165, 1.54) is 11.3 Å². The standard InChI is InChI=1S/C6H6BrNOS/c7-3-5(9)4-1-2-10-6(4)8/h1-2H,3,8H2. The number of rotatable bonds is 2. The van der Waals surface area contributed by atoms with Gasteiger partial charge in [-0.3, -0.25) is 4.79 Å². The number of hydrogen-bond acceptors (Lipinski definition) is 3. The van der Waals surface area contributed by atoms with Crippen molar-refractivity contribution in [2.24, 2.45) is 0 Å². The summed E-state index contributed by atoms with van der Waals surface area (Å²) in [7, 11) is 0. The number of nitrogen functional groups attached to an aromatic ring is 1. The predicted octanol–water partition coefficient (Wildman–Crippen LogP) is 1.91. The van der Waals surface area contributed by atoms with Crippen molar-refractivity contribution < 1.29 is 4.79 Å². The van der Waals surface area contributed by atoms with Gasteiger partial charge in [0.2, 0.25) is 0 Å². The quantitative estimate of drug-likeness (QED) is 0.611. The Morgan fingerprint density at radius 3 is 2.90 bits per heavy atom. The lowest BCUT2D eigenvalue weighted by Crippen LogP contribution is -2.00. The summed E-state index contributed by atoms with van der Waals surface area (Å²) in [6.07, 6.45) is 0. The van der Waals surface area contributed by atoms with E-state index in [1.807, 2.05) is 5.38 Å². The molecule has 0 unspecified atom stereocenters. The van der Waals surface area contributed by atoms with Crippen LogP contribution in [-0.2, 0) is 0 Å². The second-order valence-electron chi connectivity index (χ2n) is 1.76. The van der Waals surface area contributed by atoms with Gasteiger partial charge >= 0.3 is 0 Å². The maximum atomic E-state index is 11.0. The van der Waals surface area contributed by atoms with Gasteiger partial charge in [-0.1, -0.05) is 15.9 Å². The summed E-state index contributed by atoms with van der Waals surface area (Å²) in [6, 6.07) is 1.74. The molecule has 0 saturated heterocycles. The summed E-state index contributed by atoms with van der Waals surface area (Å²) in [5, 5.41) is 2.75. The molecule has 0 spiro atoms. The average Bonchev–Trinajstić information content (AvgIpc) is 2.34. The van der Waals surface area contributed by atoms with Crippen molar-refractivity contribution >= 4 is 38.1 Å². The molecule has 2 nitrogen and oxygen atoms in total. The molecule has 1 aromatic heterocycles. The molecule has 0 aliphatic heterocycles. The first-order chi connectivity index (χ1) is 4.75. The van der Waals surface area contributed by atoms with Crippen LogP contribution in [0.4, 0.5) is 5.00 Å². The van der Waals surface area contributed by atoms with Crippen LogP contribution in [0.15, 0.2) is 11.4 Å². The Bertz CT molecular complexity index is 246. The first-order valence-electron chi connectivity index (χ1n) is 2.68. The minimum absolute atomic E-state index is 0.0405. The van der Waals surface area contributed by atoms with Crippen LogP contribution in [-0.4, -0.2) is 11.1 Å². The first kappa shape index (κ1) is 7.75. The molecule has 1 heterocycles. The highest BCUT2D eigenvalue weighted by molar-refractivity contribution is 9.09. The number of ketones is 1. The number of halogens is 1. The largest absolute Gasteiger partial charge is 0.390 e. The molecular formula is C6H6BrNOS. The van der Waals surface area contributed by atoms with Crippen LogP contribution in [0.2, 0.25) is 0 Å². The third kappa shape index (κ3) is 1.38. The number of Topliss-reactive ketones (excluding diaryl/α,β-unsaturated/α-hetero) is 1. The molecule has 10 heavy (non-hydrogen) atoms. The summed E-state index contributed by atoms with van der Waals surface area (Å²) in [5.41, 5.74) is 6.12. The van der Waals surface area contributed by atoms with Crippen LogP contribution in [0.5, 0.6) is 0 Å². The van der Waals surface area contributed by atoms with Crippen LogP contribution >= 0.6 is 27.3 Å². The molecular weight excluding hydrogens is 214 g/mol. The SMILES string of the molecule is Nc1sccc1C(=O)CBr. The fourth-order valence-electron chi connectivity index (χ4n) is 0.623. The monoisotopic (exact) mass is 219 g/mol. The molecule has 0 radical (unpaired) electrons. The summed E-state index contributed by atoms with van der Waals surface area (Å²) in [4.78, 5) is 11.0. The van der Waals surface area contributed by atoms with Crippen molar-refractivity contribution in [1.82, 2.24) is 0 Å². The Kier molecular flexibility index (Phi) is 2.45. The van der Waals surface area contributed by atoms with E-state index in [9.17, 15) is 4.79 Å². The fraction of sp³-hybridized carbons (Fsp3) is 0.167. The summed E-state index contributed by atoms with van der Waals surface area (Å²) >= 11 is 4.45. The average molecular weight is 220 g/mol. The van der Waals surface area contributed by atoms with E-state index < -0.39 is 0 Å². The molecule has 1 rings (SSSR count). The van der Waals surface area contributed by atoms with E-state index in [0.29, 0.717) is 15.9 Å². The van der Waals surface area contributed by atoms with Gasteiger partial charge in [0.15, 0.2) is 5.78 Å². The van der Waals surface area contributed by atoms with Crippen molar-refractivity contribution in [3.63, 3.8) is 0 Å². The molecule has 1 aromatic rings. The molecule has 0 aromatic carbocycles. The van der Waals surface area contributed by atoms with Crippen LogP contribution in [0, 0.1) is 0 Å². The van der Waals surface area contributed by atoms with Gasteiger partial charge in [0.05, 0.1) is 15.9 Å². The zero-order valence-electron chi connectivity index (χ0n) is 5.13. The number of carbonyl (C=O) groups excluding carboxylic acids is 1. The maximum absolute atomic E-state index is 11.0. The Labute approximate surface area is 71.2 Å². The molecule has 4 heteroatoms. The van der Waals surface area contributed by atoms with Crippen molar-refractivity contribution in [3.05, 3.63) is 17.0 Å². The minimum Gasteiger partial charge on any atom is -0.390 e. The van der Waals surface area contributed by atoms with Gasteiger partial charge in [0.25, 0.3) is 0 Å². The molecule has 0 aliphatic carbocycles. The third-order valence-electron chi connectivity index (χ3n) is 1.12. The Hall–Kier alpha value is -0.350. The number of alkyl halides is 1. The summed E-state index contributed by atoms with van der Waals surface area (Å²) in [6.45, 7) is 0. The Balaban J connectivity index is 2.93. The van der Waals surface area contributed by atoms with E-state index in [2.05, 4.69) is 15.9 Å². The van der Waals surface area contributed by atoms with Crippen molar-refractivity contribution in [2.45, 2.75) is 0 Å². The number of nitrogens with two attached hydrogens (primary N) is 1. The predicted molar refractivity (Wildman–Crippen MR) is 46.9 cm³/mol. The summed E-state index contributed by atoms with van der Waals surface area (Å²) in [5.74, 6) is 0.0405. The van der Waals surface area contributed by atoms with Gasteiger partial charge < -0.3 is 5.73 Å². The molecule has 0 fully saturated rings. The first-order valence-corrected chi connectivity index (χ1v) is 4.68. The van der Waals surface area contributed by atoms with Gasteiger partial charge in [0.1, 0.15) is 0 Å². The van der Waals surface area contributed by atoms with Crippen LogP contribution in [0.3, 0.4) is 0 Å². The van der Waals surface area contributed by atoms with E-state index in [1.54, 1.807) is 6.07 Å². The Morgan fingerprint density at radius 1 is 1.80 bits per heavy atom. The molecule has 54 valence electrons. The van der Waals surface area contributed by atoms with Crippen LogP contribution in [0.1, 0.15) is 10.4 Å². The minimum atomic E-state index is 0.0405. The highest BCUT2D eigenvalue weighted by Gasteiger charge is 2.07. The fourth-order valence-corrected chi connectivity index (χ4v) is 1.58. The van der Waals surface area contributed by atoms with Crippen molar-refractivity contribution in [2.75, 3.05) is 11.1 Å². The number of anilines is 1. The number of carbonyl (C=O) groups is 1. The molecule has 0 bridgehead atoms. The normalized spacial score (nSPS) is 9.70. The van der Waals surface area contributed by atoms with Crippen molar-refractivity contribution in [1.29, 1.82) is 0 Å². The Morgan fingerprint density at radius 2 is 2.50 bits per heavy atom. The molecule has 0 saturated carbocycles. The smallest absolute Gasteiger partial charge is 0.176 e. The third-order valence-corrected chi connectivity index (χ3v) is 2.37. The zero-order valence-corrected chi connectivity index (χ0v) is 7.54. The van der Waals surface area contributed by atoms with Gasteiger partial charge in [0, 0.05) is 0 Å². The molecule has 0 atom stereocenters. The van der Waals surface area contributed by atoms with E-state index in [4.69, 9.17) is 5.73 Å². The van der Waals surface area contributed by atoms with Gasteiger partial charge in [-0.05, 0) is 11.4 Å². The topological polar surface area (TPSA) is 43.1 Å². The lowest BCUT2D eigenvalue weighted by atomic mass is 10.2. The number of hydrogen-bond donors (Lipinski definition) is 1. The molecule has 0 amide bonds. The van der Waals surface area contributed by atoms with Gasteiger partial charge in [-0.2, -0.15) is 0 Å². The van der Waals surface area contributed by atoms with Crippen LogP contribution in [0.25, 0.3) is 0 Å². The summed E-state index contributed by atoms with van der Waals surface area (Å²) < 4.78 is 0. The van der Waals surface area contributed by atoms with E-state index in [0.717, 1.165) is 0 Å². The second kappa shape index (κ2) is 3.16. The molecule has 0 aliphatic rings. The molecule has 2 N–H and O–H groups in total.